The van der Waals surface area contributed by atoms with Gasteiger partial charge in [-0.15, -0.1) is 23.1 Å². The van der Waals surface area contributed by atoms with Crippen LogP contribution in [-0.2, 0) is 5.75 Å². The smallest absolute Gasteiger partial charge is 0.346 e. The summed E-state index contributed by atoms with van der Waals surface area (Å²) in [4.78, 5) is 12.4. The second-order valence-electron chi connectivity index (χ2n) is 3.44. The molecule has 2 rings (SSSR count). The van der Waals surface area contributed by atoms with Crippen molar-refractivity contribution in [2.75, 3.05) is 5.73 Å². The fourth-order valence-electron chi connectivity index (χ4n) is 1.36. The first kappa shape index (κ1) is 12.0. The van der Waals surface area contributed by atoms with Crippen molar-refractivity contribution in [1.82, 2.24) is 0 Å². The maximum Gasteiger partial charge on any atom is 0.346 e. The van der Waals surface area contributed by atoms with Crippen LogP contribution >= 0.6 is 23.1 Å². The molecule has 3 nitrogen and oxygen atoms in total. The molecular weight excluding hydrogens is 254 g/mol. The minimum Gasteiger partial charge on any atom is -0.477 e. The van der Waals surface area contributed by atoms with Gasteiger partial charge in [-0.25, -0.2) is 4.79 Å². The second kappa shape index (κ2) is 5.25. The van der Waals surface area contributed by atoms with Gasteiger partial charge in [-0.2, -0.15) is 0 Å². The Morgan fingerprint density at radius 3 is 2.65 bits per heavy atom. The molecule has 1 heterocycles. The first-order valence-electron chi connectivity index (χ1n) is 4.95. The Kier molecular flexibility index (Phi) is 3.71. The van der Waals surface area contributed by atoms with E-state index in [1.54, 1.807) is 11.8 Å². The molecule has 2 aromatic rings. The Balaban J connectivity index is 2.05. The highest BCUT2D eigenvalue weighted by atomic mass is 32.2. The van der Waals surface area contributed by atoms with Gasteiger partial charge < -0.3 is 10.8 Å². The highest BCUT2D eigenvalue weighted by Crippen LogP contribution is 2.27. The number of rotatable bonds is 4. The molecule has 0 saturated heterocycles. The molecule has 0 aliphatic heterocycles. The number of carbonyl (C=O) groups is 1. The van der Waals surface area contributed by atoms with Crippen LogP contribution in [0.2, 0.25) is 0 Å². The van der Waals surface area contributed by atoms with Gasteiger partial charge >= 0.3 is 5.97 Å². The summed E-state index contributed by atoms with van der Waals surface area (Å²) < 4.78 is 0. The summed E-state index contributed by atoms with van der Waals surface area (Å²) in [6, 6.07) is 9.42. The minimum absolute atomic E-state index is 0.424. The van der Waals surface area contributed by atoms with Crippen molar-refractivity contribution in [2.24, 2.45) is 0 Å². The van der Waals surface area contributed by atoms with Crippen molar-refractivity contribution in [3.8, 4) is 0 Å². The zero-order valence-corrected chi connectivity index (χ0v) is 10.6. The normalized spacial score (nSPS) is 10.4. The fraction of sp³-hybridized carbons (Fsp3) is 0.0833. The van der Waals surface area contributed by atoms with E-state index in [1.165, 1.54) is 11.3 Å². The molecule has 1 aromatic heterocycles. The molecule has 0 atom stereocenters. The van der Waals surface area contributed by atoms with Crippen LogP contribution in [0, 0.1) is 0 Å². The van der Waals surface area contributed by atoms with Crippen LogP contribution in [0.3, 0.4) is 0 Å². The predicted octanol–water partition coefficient (Wildman–Crippen LogP) is 3.32. The molecule has 5 heteroatoms. The molecule has 0 aliphatic rings. The Labute approximate surface area is 107 Å². The third-order valence-electron chi connectivity index (χ3n) is 2.22. The number of hydrogen-bond acceptors (Lipinski definition) is 4. The molecule has 0 radical (unpaired) electrons. The highest BCUT2D eigenvalue weighted by Gasteiger charge is 2.11. The average molecular weight is 265 g/mol. The average Bonchev–Trinajstić information content (AvgIpc) is 2.76. The van der Waals surface area contributed by atoms with E-state index in [4.69, 9.17) is 10.8 Å². The molecule has 0 bridgehead atoms. The number of thiophene rings is 1. The molecule has 0 saturated carbocycles. The molecule has 0 aliphatic carbocycles. The number of nitrogen functional groups attached to an aromatic ring is 1. The number of aromatic carboxylic acids is 1. The lowest BCUT2D eigenvalue weighted by molar-refractivity contribution is 0.0701. The number of anilines is 1. The van der Waals surface area contributed by atoms with E-state index in [9.17, 15) is 4.79 Å². The Morgan fingerprint density at radius 2 is 2.00 bits per heavy atom. The summed E-state index contributed by atoms with van der Waals surface area (Å²) >= 11 is 2.87. The third-order valence-corrected chi connectivity index (χ3v) is 4.22. The zero-order valence-electron chi connectivity index (χ0n) is 8.92. The molecule has 0 unspecified atom stereocenters. The van der Waals surface area contributed by atoms with E-state index in [0.29, 0.717) is 10.6 Å². The first-order valence-corrected chi connectivity index (χ1v) is 6.81. The lowest BCUT2D eigenvalue weighted by Gasteiger charge is -2.02. The summed E-state index contributed by atoms with van der Waals surface area (Å²) in [6.07, 6.45) is 0. The van der Waals surface area contributed by atoms with E-state index in [-0.39, 0.29) is 0 Å². The number of carboxylic acids is 1. The maximum absolute atomic E-state index is 10.9. The lowest BCUT2D eigenvalue weighted by Crippen LogP contribution is -1.96. The van der Waals surface area contributed by atoms with Gasteiger partial charge in [0.1, 0.15) is 4.88 Å². The molecule has 0 amide bonds. The van der Waals surface area contributed by atoms with Crippen LogP contribution in [-0.4, -0.2) is 11.1 Å². The summed E-state index contributed by atoms with van der Waals surface area (Å²) in [7, 11) is 0. The summed E-state index contributed by atoms with van der Waals surface area (Å²) in [5.41, 5.74) is 7.19. The van der Waals surface area contributed by atoms with Gasteiger partial charge in [0.05, 0.1) is 0 Å². The molecule has 1 aromatic carbocycles. The van der Waals surface area contributed by atoms with Crippen molar-refractivity contribution in [3.05, 3.63) is 46.2 Å². The van der Waals surface area contributed by atoms with Gasteiger partial charge in [0.25, 0.3) is 0 Å². The topological polar surface area (TPSA) is 63.3 Å². The molecule has 17 heavy (non-hydrogen) atoms. The fourth-order valence-corrected chi connectivity index (χ4v) is 3.11. The van der Waals surface area contributed by atoms with E-state index < -0.39 is 5.97 Å². The number of hydrogen-bond donors (Lipinski definition) is 2. The molecule has 0 fully saturated rings. The van der Waals surface area contributed by atoms with Crippen molar-refractivity contribution < 1.29 is 9.90 Å². The number of benzene rings is 1. The Bertz CT molecular complexity index is 520. The van der Waals surface area contributed by atoms with Crippen LogP contribution in [0.15, 0.2) is 40.6 Å². The monoisotopic (exact) mass is 265 g/mol. The van der Waals surface area contributed by atoms with E-state index in [2.05, 4.69) is 0 Å². The van der Waals surface area contributed by atoms with Gasteiger partial charge in [-0.3, -0.25) is 0 Å². The van der Waals surface area contributed by atoms with E-state index in [0.717, 1.165) is 16.1 Å². The van der Waals surface area contributed by atoms with Gasteiger partial charge in [0.15, 0.2) is 0 Å². The van der Waals surface area contributed by atoms with E-state index in [1.807, 2.05) is 35.7 Å². The Morgan fingerprint density at radius 1 is 1.29 bits per heavy atom. The van der Waals surface area contributed by atoms with Gasteiger partial charge in [-0.05, 0) is 41.3 Å². The summed E-state index contributed by atoms with van der Waals surface area (Å²) in [6.45, 7) is 0. The summed E-state index contributed by atoms with van der Waals surface area (Å²) in [5, 5.41) is 10.8. The number of carboxylic acid groups (broad SMARTS) is 1. The first-order chi connectivity index (χ1) is 8.16. The molecule has 0 spiro atoms. The largest absolute Gasteiger partial charge is 0.477 e. The zero-order chi connectivity index (χ0) is 12.3. The molecular formula is C12H11NO2S2. The second-order valence-corrected chi connectivity index (χ2v) is 5.40. The number of thioether (sulfide) groups is 1. The Hall–Kier alpha value is -1.46. The van der Waals surface area contributed by atoms with Crippen LogP contribution in [0.4, 0.5) is 5.69 Å². The van der Waals surface area contributed by atoms with Crippen molar-refractivity contribution in [2.45, 2.75) is 10.6 Å². The van der Waals surface area contributed by atoms with Crippen LogP contribution in [0.5, 0.6) is 0 Å². The molecule has 3 N–H and O–H groups in total. The quantitative estimate of drug-likeness (QED) is 0.657. The standard InChI is InChI=1S/C12H11NO2S2/c13-9-1-3-10(4-2-9)17-7-8-5-6-16-11(8)12(14)15/h1-6H,7,13H2,(H,14,15). The van der Waals surface area contributed by atoms with E-state index >= 15 is 0 Å². The van der Waals surface area contributed by atoms with Gasteiger partial charge in [0, 0.05) is 16.3 Å². The summed E-state index contributed by atoms with van der Waals surface area (Å²) in [5.74, 6) is -0.192. The SMILES string of the molecule is Nc1ccc(SCc2ccsc2C(=O)O)cc1. The predicted molar refractivity (Wildman–Crippen MR) is 71.7 cm³/mol. The number of nitrogens with two attached hydrogens (primary N) is 1. The van der Waals surface area contributed by atoms with Crippen LogP contribution in [0.25, 0.3) is 0 Å². The van der Waals surface area contributed by atoms with Gasteiger partial charge in [0.2, 0.25) is 0 Å². The lowest BCUT2D eigenvalue weighted by atomic mass is 10.3. The van der Waals surface area contributed by atoms with Crippen molar-refractivity contribution >= 4 is 34.8 Å². The van der Waals surface area contributed by atoms with Gasteiger partial charge in [-0.1, -0.05) is 0 Å². The third kappa shape index (κ3) is 3.01. The van der Waals surface area contributed by atoms with Crippen molar-refractivity contribution in [3.63, 3.8) is 0 Å². The highest BCUT2D eigenvalue weighted by molar-refractivity contribution is 7.98. The van der Waals surface area contributed by atoms with Crippen LogP contribution < -0.4 is 5.73 Å². The minimum atomic E-state index is -0.854. The molecule has 88 valence electrons. The maximum atomic E-state index is 10.9. The van der Waals surface area contributed by atoms with Crippen molar-refractivity contribution in [1.29, 1.82) is 0 Å². The van der Waals surface area contributed by atoms with Crippen LogP contribution in [0.1, 0.15) is 15.2 Å².